The summed E-state index contributed by atoms with van der Waals surface area (Å²) in [5, 5.41) is 20.5. The van der Waals surface area contributed by atoms with Gasteiger partial charge < -0.3 is 4.74 Å². The minimum absolute atomic E-state index is 0.000146. The summed E-state index contributed by atoms with van der Waals surface area (Å²) >= 11 is 6.06. The topological polar surface area (TPSA) is 129 Å². The highest BCUT2D eigenvalue weighted by molar-refractivity contribution is 6.32. The van der Waals surface area contributed by atoms with E-state index in [9.17, 15) is 19.7 Å². The highest BCUT2D eigenvalue weighted by atomic mass is 35.5. The van der Waals surface area contributed by atoms with Crippen molar-refractivity contribution in [3.63, 3.8) is 0 Å². The van der Waals surface area contributed by atoms with Gasteiger partial charge in [-0.2, -0.15) is 10.2 Å². The second-order valence-corrected chi connectivity index (χ2v) is 7.45. The number of nitro benzene ring substituents is 1. The monoisotopic (exact) mass is 477 g/mol. The van der Waals surface area contributed by atoms with Gasteiger partial charge in [-0.3, -0.25) is 19.7 Å². The van der Waals surface area contributed by atoms with Crippen LogP contribution in [-0.4, -0.2) is 26.8 Å². The number of benzene rings is 3. The third kappa shape index (κ3) is 4.62. The number of para-hydroxylation sites is 1. The Kier molecular flexibility index (Phi) is 6.33. The van der Waals surface area contributed by atoms with Crippen LogP contribution in [0.5, 0.6) is 11.5 Å². The average molecular weight is 478 g/mol. The van der Waals surface area contributed by atoms with E-state index in [4.69, 9.17) is 16.3 Å². The number of amides is 1. The lowest BCUT2D eigenvalue weighted by molar-refractivity contribution is -0.385. The van der Waals surface area contributed by atoms with Gasteiger partial charge in [0.1, 0.15) is 5.75 Å². The number of ether oxygens (including phenoxy) is 1. The van der Waals surface area contributed by atoms with Gasteiger partial charge in [0.05, 0.1) is 21.5 Å². The Morgan fingerprint density at radius 1 is 1.12 bits per heavy atom. The highest BCUT2D eigenvalue weighted by Crippen LogP contribution is 2.35. The molecule has 0 atom stereocenters. The van der Waals surface area contributed by atoms with E-state index in [1.54, 1.807) is 48.5 Å². The normalized spacial score (nSPS) is 11.0. The Bertz CT molecular complexity index is 1520. The fourth-order valence-corrected chi connectivity index (χ4v) is 3.35. The van der Waals surface area contributed by atoms with Gasteiger partial charge in [0.15, 0.2) is 5.69 Å². The fraction of sp³-hybridized carbons (Fsp3) is 0.0435. The summed E-state index contributed by atoms with van der Waals surface area (Å²) < 4.78 is 6.67. The molecule has 0 spiro atoms. The van der Waals surface area contributed by atoms with E-state index in [0.717, 1.165) is 4.68 Å². The minimum Gasteiger partial charge on any atom is -0.449 e. The van der Waals surface area contributed by atoms with E-state index in [2.05, 4.69) is 15.6 Å². The average Bonchev–Trinajstić information content (AvgIpc) is 2.83. The maximum atomic E-state index is 12.6. The van der Waals surface area contributed by atoms with Crippen LogP contribution >= 0.6 is 11.6 Å². The predicted molar refractivity (Wildman–Crippen MR) is 127 cm³/mol. The summed E-state index contributed by atoms with van der Waals surface area (Å²) in [5.74, 6) is -0.366. The number of carbonyl (C=O) groups is 1. The van der Waals surface area contributed by atoms with Crippen LogP contribution < -0.4 is 15.7 Å². The molecule has 0 saturated carbocycles. The van der Waals surface area contributed by atoms with Crippen molar-refractivity contribution in [2.45, 2.75) is 0 Å². The number of hydrogen-bond acceptors (Lipinski definition) is 7. The number of halogens is 1. The zero-order valence-corrected chi connectivity index (χ0v) is 18.4. The molecule has 1 aromatic heterocycles. The summed E-state index contributed by atoms with van der Waals surface area (Å²) in [6.45, 7) is 0. The number of nitrogens with zero attached hydrogens (tertiary/aromatic N) is 4. The molecule has 0 fully saturated rings. The van der Waals surface area contributed by atoms with Crippen LogP contribution in [0.4, 0.5) is 5.69 Å². The van der Waals surface area contributed by atoms with Crippen LogP contribution in [0.1, 0.15) is 16.1 Å². The SMILES string of the molecule is Cn1nc(C(=O)N/N=C/c2ccc(Oc3ccccc3Cl)c([N+](=O)[O-])c2)c2ccccc2c1=O. The zero-order chi connectivity index (χ0) is 24.2. The molecule has 0 aliphatic heterocycles. The van der Waals surface area contributed by atoms with E-state index in [1.807, 2.05) is 0 Å². The third-order valence-electron chi connectivity index (χ3n) is 4.79. The van der Waals surface area contributed by atoms with Gasteiger partial charge in [0, 0.05) is 24.1 Å². The van der Waals surface area contributed by atoms with Crippen LogP contribution in [0.25, 0.3) is 10.8 Å². The van der Waals surface area contributed by atoms with Gasteiger partial charge in [-0.05, 0) is 30.3 Å². The van der Waals surface area contributed by atoms with E-state index < -0.39 is 10.8 Å². The molecule has 10 nitrogen and oxygen atoms in total. The maximum Gasteiger partial charge on any atom is 0.312 e. The van der Waals surface area contributed by atoms with Gasteiger partial charge in [-0.25, -0.2) is 10.1 Å². The number of rotatable bonds is 6. The molecular weight excluding hydrogens is 462 g/mol. The first kappa shape index (κ1) is 22.6. The van der Waals surface area contributed by atoms with Crippen LogP contribution in [0.3, 0.4) is 0 Å². The molecule has 4 rings (SSSR count). The first-order valence-corrected chi connectivity index (χ1v) is 10.2. The number of fused-ring (bicyclic) bond motifs is 1. The molecule has 0 unspecified atom stereocenters. The van der Waals surface area contributed by atoms with E-state index >= 15 is 0 Å². The predicted octanol–water partition coefficient (Wildman–Crippen LogP) is 4.05. The number of hydrogen-bond donors (Lipinski definition) is 1. The zero-order valence-electron chi connectivity index (χ0n) is 17.6. The van der Waals surface area contributed by atoms with Crippen molar-refractivity contribution in [2.75, 3.05) is 0 Å². The molecule has 0 radical (unpaired) electrons. The van der Waals surface area contributed by atoms with Gasteiger partial charge in [0.2, 0.25) is 5.75 Å². The van der Waals surface area contributed by atoms with E-state index in [-0.39, 0.29) is 28.4 Å². The fourth-order valence-electron chi connectivity index (χ4n) is 3.18. The van der Waals surface area contributed by atoms with Crippen molar-refractivity contribution in [1.82, 2.24) is 15.2 Å². The first-order valence-electron chi connectivity index (χ1n) is 9.85. The minimum atomic E-state index is -0.642. The number of nitro groups is 1. The second-order valence-electron chi connectivity index (χ2n) is 7.04. The number of hydrazone groups is 1. The van der Waals surface area contributed by atoms with Crippen molar-refractivity contribution in [1.29, 1.82) is 0 Å². The second kappa shape index (κ2) is 9.51. The Hall–Kier alpha value is -4.57. The molecule has 4 aromatic rings. The number of nitrogens with one attached hydrogen (secondary N) is 1. The van der Waals surface area contributed by atoms with Gasteiger partial charge in [0.25, 0.3) is 11.5 Å². The highest BCUT2D eigenvalue weighted by Gasteiger charge is 2.18. The molecule has 0 aliphatic rings. The van der Waals surface area contributed by atoms with E-state index in [1.165, 1.54) is 31.5 Å². The van der Waals surface area contributed by atoms with Gasteiger partial charge in [-0.1, -0.05) is 41.9 Å². The van der Waals surface area contributed by atoms with Gasteiger partial charge in [-0.15, -0.1) is 0 Å². The summed E-state index contributed by atoms with van der Waals surface area (Å²) in [6, 6.07) is 17.4. The molecule has 34 heavy (non-hydrogen) atoms. The molecule has 11 heteroatoms. The summed E-state index contributed by atoms with van der Waals surface area (Å²) in [4.78, 5) is 35.8. The lowest BCUT2D eigenvalue weighted by Crippen LogP contribution is -2.27. The summed E-state index contributed by atoms with van der Waals surface area (Å²) in [5.41, 5.74) is 2.06. The quantitative estimate of drug-likeness (QED) is 0.253. The third-order valence-corrected chi connectivity index (χ3v) is 5.10. The Labute approximate surface area is 197 Å². The standard InChI is InChI=1S/C23H16ClN5O5/c1-28-23(31)16-7-3-2-6-15(16)21(27-28)22(30)26-25-13-14-10-11-20(18(12-14)29(32)33)34-19-9-5-4-8-17(19)24/h2-13H,1H3,(H,26,30)/b25-13+. The summed E-state index contributed by atoms with van der Waals surface area (Å²) in [7, 11) is 1.44. The van der Waals surface area contributed by atoms with Crippen molar-refractivity contribution in [2.24, 2.45) is 12.1 Å². The summed E-state index contributed by atoms with van der Waals surface area (Å²) in [6.07, 6.45) is 1.24. The lowest BCUT2D eigenvalue weighted by atomic mass is 10.1. The molecule has 1 heterocycles. The Balaban J connectivity index is 1.56. The van der Waals surface area contributed by atoms with Crippen LogP contribution in [0.2, 0.25) is 5.02 Å². The maximum absolute atomic E-state index is 12.6. The first-order chi connectivity index (χ1) is 16.3. The number of aromatic nitrogens is 2. The van der Waals surface area contributed by atoms with Crippen LogP contribution in [-0.2, 0) is 7.05 Å². The van der Waals surface area contributed by atoms with E-state index in [0.29, 0.717) is 21.4 Å². The largest absolute Gasteiger partial charge is 0.449 e. The molecule has 1 N–H and O–H groups in total. The van der Waals surface area contributed by atoms with Crippen molar-refractivity contribution in [3.05, 3.63) is 103 Å². The molecule has 170 valence electrons. The smallest absolute Gasteiger partial charge is 0.312 e. The molecule has 3 aromatic carbocycles. The Morgan fingerprint density at radius 2 is 1.82 bits per heavy atom. The van der Waals surface area contributed by atoms with Crippen LogP contribution in [0.15, 0.2) is 76.6 Å². The molecule has 0 saturated heterocycles. The lowest BCUT2D eigenvalue weighted by Gasteiger charge is -2.08. The van der Waals surface area contributed by atoms with Crippen molar-refractivity contribution in [3.8, 4) is 11.5 Å². The molecule has 1 amide bonds. The Morgan fingerprint density at radius 3 is 2.56 bits per heavy atom. The van der Waals surface area contributed by atoms with Crippen molar-refractivity contribution < 1.29 is 14.5 Å². The van der Waals surface area contributed by atoms with Crippen molar-refractivity contribution >= 4 is 40.2 Å². The number of aryl methyl sites for hydroxylation is 1. The molecule has 0 aliphatic carbocycles. The molecule has 0 bridgehead atoms. The van der Waals surface area contributed by atoms with Gasteiger partial charge >= 0.3 is 5.69 Å². The number of carbonyl (C=O) groups excluding carboxylic acids is 1. The van der Waals surface area contributed by atoms with Crippen LogP contribution in [0, 0.1) is 10.1 Å². The molecular formula is C23H16ClN5O5.